The van der Waals surface area contributed by atoms with Crippen LogP contribution in [0.5, 0.6) is 0 Å². The van der Waals surface area contributed by atoms with Crippen LogP contribution >= 0.6 is 0 Å². The number of hydrogen-bond donors (Lipinski definition) is 1. The van der Waals surface area contributed by atoms with Gasteiger partial charge in [0, 0.05) is 17.7 Å². The lowest BCUT2D eigenvalue weighted by molar-refractivity contribution is -0.384. The van der Waals surface area contributed by atoms with E-state index in [1.807, 2.05) is 0 Å². The Morgan fingerprint density at radius 2 is 1.54 bits per heavy atom. The number of esters is 1. The Balaban J connectivity index is 1.57. The van der Waals surface area contributed by atoms with Crippen LogP contribution in [0, 0.1) is 10.1 Å². The number of nitro groups is 1. The van der Waals surface area contributed by atoms with E-state index in [4.69, 9.17) is 4.74 Å². The third-order valence-corrected chi connectivity index (χ3v) is 5.10. The van der Waals surface area contributed by atoms with Crippen molar-refractivity contribution in [1.82, 2.24) is 10.2 Å². The third-order valence-electron chi connectivity index (χ3n) is 5.10. The summed E-state index contributed by atoms with van der Waals surface area (Å²) in [7, 11) is 0. The number of amides is 3. The summed E-state index contributed by atoms with van der Waals surface area (Å²) in [6.45, 7) is -0.682. The monoisotopic (exact) mass is 471 g/mol. The summed E-state index contributed by atoms with van der Waals surface area (Å²) in [5.74, 6) is -2.90. The topological polar surface area (TPSA) is 136 Å². The van der Waals surface area contributed by atoms with E-state index in [2.05, 4.69) is 5.32 Å². The predicted octanol–water partition coefficient (Wildman–Crippen LogP) is 3.16. The van der Waals surface area contributed by atoms with Gasteiger partial charge in [-0.1, -0.05) is 42.5 Å². The van der Waals surface area contributed by atoms with Crippen molar-refractivity contribution in [2.75, 3.05) is 6.73 Å². The average Bonchev–Trinajstić information content (AvgIpc) is 3.12. The van der Waals surface area contributed by atoms with E-state index in [0.717, 1.165) is 4.90 Å². The molecule has 0 spiro atoms. The Labute approximate surface area is 198 Å². The van der Waals surface area contributed by atoms with E-state index in [-0.39, 0.29) is 33.6 Å². The summed E-state index contributed by atoms with van der Waals surface area (Å²) in [6, 6.07) is 19.7. The van der Waals surface area contributed by atoms with Crippen LogP contribution in [0.2, 0.25) is 0 Å². The van der Waals surface area contributed by atoms with Gasteiger partial charge in [0.2, 0.25) is 0 Å². The Morgan fingerprint density at radius 3 is 2.17 bits per heavy atom. The zero-order chi connectivity index (χ0) is 24.9. The molecule has 0 fully saturated rings. The molecule has 35 heavy (non-hydrogen) atoms. The van der Waals surface area contributed by atoms with E-state index in [9.17, 15) is 29.3 Å². The summed E-state index contributed by atoms with van der Waals surface area (Å²) < 4.78 is 5.18. The summed E-state index contributed by atoms with van der Waals surface area (Å²) in [6.07, 6.45) is 1.21. The lowest BCUT2D eigenvalue weighted by atomic mass is 10.1. The van der Waals surface area contributed by atoms with E-state index in [0.29, 0.717) is 0 Å². The quantitative estimate of drug-likeness (QED) is 0.184. The number of non-ortho nitro benzene ring substituents is 1. The van der Waals surface area contributed by atoms with Crippen LogP contribution in [0.3, 0.4) is 0 Å². The zero-order valence-electron chi connectivity index (χ0n) is 18.0. The number of fused-ring (bicyclic) bond motifs is 1. The molecular weight excluding hydrogens is 454 g/mol. The Hall–Kier alpha value is -5.12. The number of hydrogen-bond acceptors (Lipinski definition) is 7. The molecule has 0 aromatic heterocycles. The van der Waals surface area contributed by atoms with E-state index >= 15 is 0 Å². The number of nitro benzene ring substituents is 1. The molecule has 1 aliphatic heterocycles. The molecule has 1 N–H and O–H groups in total. The summed E-state index contributed by atoms with van der Waals surface area (Å²) in [5, 5.41) is 13.5. The second-order valence-corrected chi connectivity index (χ2v) is 7.38. The SMILES string of the molecule is O=C(OCN1C(=O)c2ccccc2C1=O)C(=Cc1cccc([N+](=O)[O-])c1)NC(=O)c1ccccc1. The summed E-state index contributed by atoms with van der Waals surface area (Å²) in [5.41, 5.74) is 0.338. The van der Waals surface area contributed by atoms with Gasteiger partial charge in [-0.15, -0.1) is 0 Å². The Kier molecular flexibility index (Phi) is 6.45. The van der Waals surface area contributed by atoms with E-state index in [1.54, 1.807) is 30.3 Å². The van der Waals surface area contributed by atoms with Gasteiger partial charge < -0.3 is 10.1 Å². The molecule has 0 radical (unpaired) electrons. The van der Waals surface area contributed by atoms with Crippen molar-refractivity contribution in [1.29, 1.82) is 0 Å². The number of benzene rings is 3. The van der Waals surface area contributed by atoms with Gasteiger partial charge in [0.05, 0.1) is 16.1 Å². The van der Waals surface area contributed by atoms with Gasteiger partial charge in [0.15, 0.2) is 6.73 Å². The average molecular weight is 471 g/mol. The highest BCUT2D eigenvalue weighted by atomic mass is 16.6. The molecule has 3 aromatic rings. The second-order valence-electron chi connectivity index (χ2n) is 7.38. The second kappa shape index (κ2) is 9.79. The summed E-state index contributed by atoms with van der Waals surface area (Å²) >= 11 is 0. The molecule has 0 saturated carbocycles. The minimum atomic E-state index is -1.04. The van der Waals surface area contributed by atoms with Crippen molar-refractivity contribution in [2.45, 2.75) is 0 Å². The van der Waals surface area contributed by atoms with Crippen LogP contribution in [0.25, 0.3) is 6.08 Å². The molecule has 3 aromatic carbocycles. The van der Waals surface area contributed by atoms with Crippen molar-refractivity contribution < 1.29 is 28.8 Å². The van der Waals surface area contributed by atoms with Gasteiger partial charge in [-0.25, -0.2) is 9.69 Å². The predicted molar refractivity (Wildman–Crippen MR) is 123 cm³/mol. The molecule has 174 valence electrons. The first-order chi connectivity index (χ1) is 16.8. The smallest absolute Gasteiger partial charge is 0.356 e. The number of imide groups is 1. The first-order valence-corrected chi connectivity index (χ1v) is 10.3. The van der Waals surface area contributed by atoms with Crippen LogP contribution < -0.4 is 5.32 Å². The fraction of sp³-hybridized carbons (Fsp3) is 0.0400. The maximum Gasteiger partial charge on any atom is 0.356 e. The highest BCUT2D eigenvalue weighted by molar-refractivity contribution is 6.21. The largest absolute Gasteiger partial charge is 0.439 e. The first-order valence-electron chi connectivity index (χ1n) is 10.3. The van der Waals surface area contributed by atoms with E-state index < -0.39 is 35.3 Å². The van der Waals surface area contributed by atoms with Gasteiger partial charge in [-0.2, -0.15) is 0 Å². The van der Waals surface area contributed by atoms with Gasteiger partial charge in [0.25, 0.3) is 23.4 Å². The molecule has 10 nitrogen and oxygen atoms in total. The van der Waals surface area contributed by atoms with Crippen molar-refractivity contribution in [3.05, 3.63) is 117 Å². The third kappa shape index (κ3) is 4.96. The van der Waals surface area contributed by atoms with Gasteiger partial charge in [-0.05, 0) is 35.9 Å². The standard InChI is InChI=1S/C25H17N3O7/c29-22(17-8-2-1-3-9-17)26-21(14-16-7-6-10-18(13-16)28(33)34)25(32)35-15-27-23(30)19-11-4-5-12-20(19)24(27)31/h1-14H,15H2,(H,26,29). The fourth-order valence-corrected chi connectivity index (χ4v) is 3.38. The molecule has 1 heterocycles. The van der Waals surface area contributed by atoms with Crippen LogP contribution in [-0.2, 0) is 9.53 Å². The Bertz CT molecular complexity index is 1350. The van der Waals surface area contributed by atoms with Crippen LogP contribution in [-0.4, -0.2) is 40.2 Å². The molecule has 10 heteroatoms. The molecule has 0 unspecified atom stereocenters. The van der Waals surface area contributed by atoms with E-state index in [1.165, 1.54) is 54.6 Å². The number of rotatable bonds is 7. The highest BCUT2D eigenvalue weighted by Gasteiger charge is 2.36. The van der Waals surface area contributed by atoms with Crippen LogP contribution in [0.4, 0.5) is 5.69 Å². The van der Waals surface area contributed by atoms with Crippen molar-refractivity contribution in [3.8, 4) is 0 Å². The maximum atomic E-state index is 12.9. The molecule has 3 amide bonds. The minimum Gasteiger partial charge on any atom is -0.439 e. The highest BCUT2D eigenvalue weighted by Crippen LogP contribution is 2.22. The molecule has 4 rings (SSSR count). The summed E-state index contributed by atoms with van der Waals surface area (Å²) in [4.78, 5) is 61.8. The number of nitrogens with zero attached hydrogens (tertiary/aromatic N) is 2. The molecule has 0 aliphatic carbocycles. The fourth-order valence-electron chi connectivity index (χ4n) is 3.38. The van der Waals surface area contributed by atoms with Crippen LogP contribution in [0.1, 0.15) is 36.6 Å². The maximum absolute atomic E-state index is 12.9. The zero-order valence-corrected chi connectivity index (χ0v) is 18.0. The lowest BCUT2D eigenvalue weighted by Crippen LogP contribution is -2.35. The van der Waals surface area contributed by atoms with Crippen LogP contribution in [0.15, 0.2) is 84.6 Å². The minimum absolute atomic E-state index is 0.193. The Morgan fingerprint density at radius 1 is 0.914 bits per heavy atom. The lowest BCUT2D eigenvalue weighted by Gasteiger charge is -2.15. The number of nitrogens with one attached hydrogen (secondary N) is 1. The normalized spacial score (nSPS) is 12.8. The number of carbonyl (C=O) groups excluding carboxylic acids is 4. The first kappa shape index (κ1) is 23.1. The van der Waals surface area contributed by atoms with Gasteiger partial charge in [-0.3, -0.25) is 24.5 Å². The van der Waals surface area contributed by atoms with Crippen molar-refractivity contribution in [3.63, 3.8) is 0 Å². The molecule has 0 atom stereocenters. The molecule has 0 saturated heterocycles. The number of ether oxygens (including phenoxy) is 1. The molecule has 1 aliphatic rings. The molecular formula is C25H17N3O7. The number of carbonyl (C=O) groups is 4. The van der Waals surface area contributed by atoms with Crippen molar-refractivity contribution in [2.24, 2.45) is 0 Å². The molecule has 0 bridgehead atoms. The van der Waals surface area contributed by atoms with Gasteiger partial charge >= 0.3 is 5.97 Å². The van der Waals surface area contributed by atoms with Crippen molar-refractivity contribution >= 4 is 35.5 Å². The van der Waals surface area contributed by atoms with Gasteiger partial charge in [0.1, 0.15) is 5.70 Å².